The minimum Gasteiger partial charge on any atom is -0.345 e. The van der Waals surface area contributed by atoms with E-state index in [0.717, 1.165) is 11.3 Å². The van der Waals surface area contributed by atoms with Gasteiger partial charge in [0, 0.05) is 40.3 Å². The normalized spacial score (nSPS) is 23.7. The van der Waals surface area contributed by atoms with Crippen LogP contribution in [-0.2, 0) is 0 Å². The van der Waals surface area contributed by atoms with Crippen molar-refractivity contribution in [1.82, 2.24) is 4.57 Å². The van der Waals surface area contributed by atoms with Crippen molar-refractivity contribution in [1.29, 1.82) is 0 Å². The Morgan fingerprint density at radius 2 is 1.65 bits per heavy atom. The summed E-state index contributed by atoms with van der Waals surface area (Å²) in [7, 11) is 0. The van der Waals surface area contributed by atoms with Crippen LogP contribution >= 0.6 is 0 Å². The van der Waals surface area contributed by atoms with E-state index in [0.29, 0.717) is 17.2 Å². The van der Waals surface area contributed by atoms with E-state index in [1.54, 1.807) is 12.1 Å². The zero-order chi connectivity index (χ0) is 21.5. The largest absolute Gasteiger partial charge is 0.345 e. The number of aliphatic imine (C=N–C) groups is 1. The molecule has 0 spiro atoms. The molecule has 0 saturated heterocycles. The van der Waals surface area contributed by atoms with Crippen molar-refractivity contribution in [2.45, 2.75) is 52.0 Å². The van der Waals surface area contributed by atoms with Crippen LogP contribution < -0.4 is 0 Å². The van der Waals surface area contributed by atoms with Crippen molar-refractivity contribution in [3.63, 3.8) is 0 Å². The molecule has 2 atom stereocenters. The molecule has 4 heteroatoms. The van der Waals surface area contributed by atoms with Crippen LogP contribution in [0.5, 0.6) is 0 Å². The van der Waals surface area contributed by atoms with Gasteiger partial charge in [-0.1, -0.05) is 49.6 Å². The van der Waals surface area contributed by atoms with Gasteiger partial charge in [-0.05, 0) is 44.9 Å². The van der Waals surface area contributed by atoms with Crippen LogP contribution in [0.25, 0.3) is 0 Å². The van der Waals surface area contributed by atoms with Crippen LogP contribution in [0.3, 0.4) is 0 Å². The molecule has 3 aliphatic rings. The van der Waals surface area contributed by atoms with Crippen LogP contribution in [-0.4, -0.2) is 22.3 Å². The minimum atomic E-state index is -0.464. The standard InChI is InChI=1S/C27H28N2O2/c1-17-14-19(18(2)29(17)21-8-4-3-5-9-21)16-28-20-12-13-24-25(15-20)27(31)23-11-7-6-10-22(23)26(24)30/h6-7,10-16,21,24-25H,3-5,8-9H2,1-2H3/t24-,25-/m0/s1. The number of carbonyl (C=O) groups is 2. The summed E-state index contributed by atoms with van der Waals surface area (Å²) in [4.78, 5) is 30.5. The van der Waals surface area contributed by atoms with Crippen LogP contribution in [0.4, 0.5) is 0 Å². The minimum absolute atomic E-state index is 0.00715. The van der Waals surface area contributed by atoms with Gasteiger partial charge in [-0.2, -0.15) is 0 Å². The Hall–Kier alpha value is -3.01. The van der Waals surface area contributed by atoms with E-state index < -0.39 is 11.8 Å². The van der Waals surface area contributed by atoms with E-state index in [9.17, 15) is 9.59 Å². The zero-order valence-electron chi connectivity index (χ0n) is 18.2. The number of ketones is 2. The summed E-state index contributed by atoms with van der Waals surface area (Å²) >= 11 is 0. The van der Waals surface area contributed by atoms with Crippen LogP contribution in [0.15, 0.2) is 59.2 Å². The third-order valence-corrected chi connectivity index (χ3v) is 7.09. The lowest BCUT2D eigenvalue weighted by Gasteiger charge is -2.29. The first-order valence-corrected chi connectivity index (χ1v) is 11.3. The van der Waals surface area contributed by atoms with E-state index in [1.165, 1.54) is 43.5 Å². The molecule has 1 saturated carbocycles. The molecule has 2 aromatic rings. The average molecular weight is 413 g/mol. The van der Waals surface area contributed by atoms with E-state index in [2.05, 4.69) is 24.5 Å². The lowest BCUT2D eigenvalue weighted by atomic mass is 9.72. The van der Waals surface area contributed by atoms with Crippen molar-refractivity contribution in [2.75, 3.05) is 0 Å². The molecule has 0 radical (unpaired) electrons. The molecule has 4 nitrogen and oxygen atoms in total. The molecule has 31 heavy (non-hydrogen) atoms. The van der Waals surface area contributed by atoms with Gasteiger partial charge in [-0.25, -0.2) is 0 Å². The Labute approximate surface area is 183 Å². The first-order valence-electron chi connectivity index (χ1n) is 11.3. The van der Waals surface area contributed by atoms with Gasteiger partial charge in [0.1, 0.15) is 0 Å². The third-order valence-electron chi connectivity index (χ3n) is 7.09. The van der Waals surface area contributed by atoms with Crippen molar-refractivity contribution in [2.24, 2.45) is 16.8 Å². The number of rotatable bonds is 3. The molecule has 1 aromatic heterocycles. The van der Waals surface area contributed by atoms with Gasteiger partial charge in [0.15, 0.2) is 11.6 Å². The Balaban J connectivity index is 1.41. The quantitative estimate of drug-likeness (QED) is 0.599. The van der Waals surface area contributed by atoms with E-state index in [1.807, 2.05) is 36.6 Å². The first kappa shape index (κ1) is 19.9. The number of hydrogen-bond acceptors (Lipinski definition) is 3. The zero-order valence-corrected chi connectivity index (χ0v) is 18.2. The van der Waals surface area contributed by atoms with Crippen LogP contribution in [0.1, 0.15) is 75.8 Å². The maximum Gasteiger partial charge on any atom is 0.171 e. The van der Waals surface area contributed by atoms with Gasteiger partial charge in [0.25, 0.3) is 0 Å². The number of carbonyl (C=O) groups excluding carboxylic acids is 2. The fourth-order valence-electron chi connectivity index (χ4n) is 5.49. The molecule has 1 fully saturated rings. The van der Waals surface area contributed by atoms with E-state index in [-0.39, 0.29) is 11.6 Å². The second kappa shape index (κ2) is 7.92. The highest BCUT2D eigenvalue weighted by Gasteiger charge is 2.40. The third kappa shape index (κ3) is 3.44. The van der Waals surface area contributed by atoms with Crippen LogP contribution in [0.2, 0.25) is 0 Å². The SMILES string of the molecule is Cc1cc(C=NC2=C[C@@H]3C(=O)c4ccccc4C(=O)[C@H]3C=C2)c(C)n1C1CCCCC1. The maximum absolute atomic E-state index is 13.0. The molecule has 5 rings (SSSR count). The van der Waals surface area contributed by atoms with Gasteiger partial charge in [0.2, 0.25) is 0 Å². The number of nitrogens with zero attached hydrogens (tertiary/aromatic N) is 2. The van der Waals surface area contributed by atoms with Gasteiger partial charge in [0.05, 0.1) is 17.5 Å². The Kier molecular flexibility index (Phi) is 5.09. The Morgan fingerprint density at radius 1 is 0.968 bits per heavy atom. The lowest BCUT2D eigenvalue weighted by molar-refractivity contribution is 0.0801. The molecule has 0 bridgehead atoms. The number of aromatic nitrogens is 1. The summed E-state index contributed by atoms with van der Waals surface area (Å²) in [6, 6.07) is 9.92. The number of allylic oxidation sites excluding steroid dienone is 3. The van der Waals surface area contributed by atoms with Crippen LogP contribution in [0, 0.1) is 25.7 Å². The molecule has 3 aliphatic carbocycles. The van der Waals surface area contributed by atoms with Crippen molar-refractivity contribution < 1.29 is 9.59 Å². The Bertz CT molecular complexity index is 1140. The summed E-state index contributed by atoms with van der Waals surface area (Å²) in [5, 5.41) is 0. The number of aryl methyl sites for hydroxylation is 1. The smallest absolute Gasteiger partial charge is 0.171 e. The number of fused-ring (bicyclic) bond motifs is 2. The fourth-order valence-corrected chi connectivity index (χ4v) is 5.49. The molecule has 0 aliphatic heterocycles. The second-order valence-corrected chi connectivity index (χ2v) is 9.02. The van der Waals surface area contributed by atoms with Gasteiger partial charge < -0.3 is 4.57 Å². The highest BCUT2D eigenvalue weighted by atomic mass is 16.1. The van der Waals surface area contributed by atoms with E-state index in [4.69, 9.17) is 4.99 Å². The molecule has 1 heterocycles. The van der Waals surface area contributed by atoms with Crippen molar-refractivity contribution in [3.8, 4) is 0 Å². The van der Waals surface area contributed by atoms with Gasteiger partial charge in [-0.15, -0.1) is 0 Å². The second-order valence-electron chi connectivity index (χ2n) is 9.02. The summed E-state index contributed by atoms with van der Waals surface area (Å²) in [5.74, 6) is -0.855. The molecule has 1 aromatic carbocycles. The summed E-state index contributed by atoms with van der Waals surface area (Å²) in [5.41, 5.74) is 5.46. The first-order chi connectivity index (χ1) is 15.0. The maximum atomic E-state index is 13.0. The highest BCUT2D eigenvalue weighted by molar-refractivity contribution is 6.17. The van der Waals surface area contributed by atoms with Crippen molar-refractivity contribution in [3.05, 3.63) is 82.3 Å². The van der Waals surface area contributed by atoms with Gasteiger partial charge >= 0.3 is 0 Å². The lowest BCUT2D eigenvalue weighted by Crippen LogP contribution is -2.35. The number of hydrogen-bond donors (Lipinski definition) is 0. The number of benzene rings is 1. The Morgan fingerprint density at radius 3 is 2.35 bits per heavy atom. The predicted molar refractivity (Wildman–Crippen MR) is 123 cm³/mol. The molecule has 0 amide bonds. The monoisotopic (exact) mass is 412 g/mol. The molecule has 0 unspecified atom stereocenters. The summed E-state index contributed by atoms with van der Waals surface area (Å²) in [6.45, 7) is 4.34. The number of Topliss-reactive ketones (excluding diaryl/α,β-unsaturated/α-hetero) is 2. The van der Waals surface area contributed by atoms with Crippen molar-refractivity contribution >= 4 is 17.8 Å². The summed E-state index contributed by atoms with van der Waals surface area (Å²) in [6.07, 6.45) is 13.9. The molecular weight excluding hydrogens is 384 g/mol. The average Bonchev–Trinajstić information content (AvgIpc) is 3.09. The fraction of sp³-hybridized carbons (Fsp3) is 0.370. The highest BCUT2D eigenvalue weighted by Crippen LogP contribution is 2.36. The predicted octanol–water partition coefficient (Wildman–Crippen LogP) is 5.79. The molecular formula is C27H28N2O2. The van der Waals surface area contributed by atoms with Gasteiger partial charge in [-0.3, -0.25) is 14.6 Å². The topological polar surface area (TPSA) is 51.4 Å². The molecule has 0 N–H and O–H groups in total. The van der Waals surface area contributed by atoms with E-state index >= 15 is 0 Å². The molecule has 158 valence electrons. The summed E-state index contributed by atoms with van der Waals surface area (Å²) < 4.78 is 2.47.